The van der Waals surface area contributed by atoms with Crippen molar-refractivity contribution in [3.05, 3.63) is 35.4 Å². The molecule has 2 rings (SSSR count). The molecule has 1 atom stereocenters. The summed E-state index contributed by atoms with van der Waals surface area (Å²) in [7, 11) is 0. The van der Waals surface area contributed by atoms with Crippen molar-refractivity contribution in [3.8, 4) is 0 Å². The van der Waals surface area contributed by atoms with Crippen LogP contribution >= 0.6 is 11.8 Å². The van der Waals surface area contributed by atoms with Gasteiger partial charge in [0.05, 0.1) is 5.56 Å². The van der Waals surface area contributed by atoms with Crippen LogP contribution in [0.1, 0.15) is 40.5 Å². The van der Waals surface area contributed by atoms with Crippen LogP contribution in [0.2, 0.25) is 0 Å². The molecule has 4 nitrogen and oxygen atoms in total. The molecule has 0 aromatic heterocycles. The first-order chi connectivity index (χ1) is 9.00. The number of carboxylic acid groups (broad SMARTS) is 1. The maximum atomic E-state index is 12.0. The van der Waals surface area contributed by atoms with E-state index in [2.05, 4.69) is 12.2 Å². The number of benzene rings is 1. The minimum Gasteiger partial charge on any atom is -0.478 e. The van der Waals surface area contributed by atoms with Gasteiger partial charge in [0.25, 0.3) is 5.91 Å². The lowest BCUT2D eigenvalue weighted by atomic mass is 10.1. The van der Waals surface area contributed by atoms with E-state index in [0.29, 0.717) is 12.1 Å². The highest BCUT2D eigenvalue weighted by atomic mass is 32.2. The highest BCUT2D eigenvalue weighted by Gasteiger charge is 2.29. The van der Waals surface area contributed by atoms with Gasteiger partial charge in [0.2, 0.25) is 0 Å². The third-order valence-electron chi connectivity index (χ3n) is 3.32. The molecule has 102 valence electrons. The summed E-state index contributed by atoms with van der Waals surface area (Å²) in [6.45, 7) is 2.82. The van der Waals surface area contributed by atoms with Crippen LogP contribution in [-0.4, -0.2) is 34.0 Å². The second kappa shape index (κ2) is 5.65. The van der Waals surface area contributed by atoms with Crippen molar-refractivity contribution in [3.63, 3.8) is 0 Å². The van der Waals surface area contributed by atoms with Crippen LogP contribution in [-0.2, 0) is 0 Å². The summed E-state index contributed by atoms with van der Waals surface area (Å²) in [4.78, 5) is 22.7. The lowest BCUT2D eigenvalue weighted by Gasteiger charge is -2.22. The lowest BCUT2D eigenvalue weighted by Crippen LogP contribution is -2.36. The van der Waals surface area contributed by atoms with Gasteiger partial charge in [0, 0.05) is 16.9 Å². The van der Waals surface area contributed by atoms with Gasteiger partial charge in [0.15, 0.2) is 0 Å². The van der Waals surface area contributed by atoms with Crippen molar-refractivity contribution in [1.29, 1.82) is 0 Å². The van der Waals surface area contributed by atoms with Crippen LogP contribution in [0.15, 0.2) is 24.3 Å². The molecule has 1 fully saturated rings. The molecule has 1 aromatic carbocycles. The highest BCUT2D eigenvalue weighted by molar-refractivity contribution is 8.00. The molecule has 5 heteroatoms. The van der Waals surface area contributed by atoms with Gasteiger partial charge in [-0.2, -0.15) is 11.8 Å². The van der Waals surface area contributed by atoms with Crippen LogP contribution in [0.4, 0.5) is 0 Å². The Balaban J connectivity index is 1.94. The van der Waals surface area contributed by atoms with E-state index in [0.717, 1.165) is 12.2 Å². The molecular weight excluding hydrogens is 262 g/mol. The smallest absolute Gasteiger partial charge is 0.335 e. The van der Waals surface area contributed by atoms with Gasteiger partial charge in [-0.1, -0.05) is 0 Å². The lowest BCUT2D eigenvalue weighted by molar-refractivity contribution is 0.0696. The number of carbonyl (C=O) groups is 2. The predicted molar refractivity (Wildman–Crippen MR) is 75.8 cm³/mol. The van der Waals surface area contributed by atoms with Crippen LogP contribution in [0, 0.1) is 0 Å². The number of carbonyl (C=O) groups excluding carboxylic acids is 1. The average Bonchev–Trinajstić information content (AvgIpc) is 2.83. The predicted octanol–water partition coefficient (Wildman–Crippen LogP) is 2.40. The second-order valence-corrected chi connectivity index (χ2v) is 6.65. The van der Waals surface area contributed by atoms with Crippen molar-refractivity contribution < 1.29 is 14.7 Å². The maximum Gasteiger partial charge on any atom is 0.335 e. The minimum atomic E-state index is -0.984. The molecule has 0 spiro atoms. The van der Waals surface area contributed by atoms with E-state index in [1.807, 2.05) is 11.8 Å². The zero-order chi connectivity index (χ0) is 13.9. The fraction of sp³-hybridized carbons (Fsp3) is 0.429. The van der Waals surface area contributed by atoms with E-state index >= 15 is 0 Å². The molecule has 0 aliphatic carbocycles. The third-order valence-corrected chi connectivity index (χ3v) is 4.86. The van der Waals surface area contributed by atoms with Crippen molar-refractivity contribution in [2.75, 3.05) is 12.3 Å². The molecular formula is C14H17NO3S. The normalized spacial score (nSPS) is 22.2. The molecule has 0 bridgehead atoms. The standard InChI is InChI=1S/C14H17NO3S/c1-14(7-2-8-19-14)9-15-12(16)10-3-5-11(6-4-10)13(17)18/h3-6H,2,7-9H2,1H3,(H,15,16)(H,17,18)/t14-/m1/s1. The van der Waals surface area contributed by atoms with E-state index in [4.69, 9.17) is 5.11 Å². The van der Waals surface area contributed by atoms with Gasteiger partial charge in [-0.25, -0.2) is 4.79 Å². The minimum absolute atomic E-state index is 0.136. The average molecular weight is 279 g/mol. The van der Waals surface area contributed by atoms with Crippen molar-refractivity contribution in [1.82, 2.24) is 5.32 Å². The second-order valence-electron chi connectivity index (χ2n) is 4.97. The van der Waals surface area contributed by atoms with Gasteiger partial charge < -0.3 is 10.4 Å². The maximum absolute atomic E-state index is 12.0. The molecule has 19 heavy (non-hydrogen) atoms. The first-order valence-electron chi connectivity index (χ1n) is 6.26. The summed E-state index contributed by atoms with van der Waals surface area (Å²) >= 11 is 1.90. The zero-order valence-electron chi connectivity index (χ0n) is 10.8. The SMILES string of the molecule is C[C@]1(CNC(=O)c2ccc(C(=O)O)cc2)CCCS1. The zero-order valence-corrected chi connectivity index (χ0v) is 11.6. The van der Waals surface area contributed by atoms with E-state index in [-0.39, 0.29) is 16.2 Å². The Hall–Kier alpha value is -1.49. The van der Waals surface area contributed by atoms with Crippen molar-refractivity contribution >= 4 is 23.6 Å². The van der Waals surface area contributed by atoms with E-state index in [9.17, 15) is 9.59 Å². The van der Waals surface area contributed by atoms with Gasteiger partial charge in [-0.3, -0.25) is 4.79 Å². The number of rotatable bonds is 4. The Kier molecular flexibility index (Phi) is 4.14. The number of hydrogen-bond acceptors (Lipinski definition) is 3. The number of aromatic carboxylic acids is 1. The summed E-state index contributed by atoms with van der Waals surface area (Å²) < 4.78 is 0.136. The Morgan fingerprint density at radius 1 is 1.32 bits per heavy atom. The third kappa shape index (κ3) is 3.50. The van der Waals surface area contributed by atoms with Crippen LogP contribution in [0.25, 0.3) is 0 Å². The summed E-state index contributed by atoms with van der Waals surface area (Å²) in [6, 6.07) is 5.98. The number of amides is 1. The van der Waals surface area contributed by atoms with Crippen molar-refractivity contribution in [2.45, 2.75) is 24.5 Å². The molecule has 2 N–H and O–H groups in total. The highest BCUT2D eigenvalue weighted by Crippen LogP contribution is 2.36. The molecule has 0 radical (unpaired) electrons. The number of thioether (sulfide) groups is 1. The molecule has 1 amide bonds. The molecule has 1 aliphatic heterocycles. The van der Waals surface area contributed by atoms with Crippen LogP contribution < -0.4 is 5.32 Å². The van der Waals surface area contributed by atoms with E-state index in [1.165, 1.54) is 18.6 Å². The first kappa shape index (κ1) is 13.9. The first-order valence-corrected chi connectivity index (χ1v) is 7.24. The summed E-state index contributed by atoms with van der Waals surface area (Å²) in [5, 5.41) is 11.7. The summed E-state index contributed by atoms with van der Waals surface area (Å²) in [6.07, 6.45) is 2.32. The van der Waals surface area contributed by atoms with Crippen molar-refractivity contribution in [2.24, 2.45) is 0 Å². The monoisotopic (exact) mass is 279 g/mol. The molecule has 0 saturated carbocycles. The van der Waals surface area contributed by atoms with Gasteiger partial charge in [-0.15, -0.1) is 0 Å². The Morgan fingerprint density at radius 3 is 2.47 bits per heavy atom. The number of carboxylic acids is 1. The number of hydrogen-bond donors (Lipinski definition) is 2. The van der Waals surface area contributed by atoms with E-state index in [1.54, 1.807) is 12.1 Å². The Labute approximate surface area is 116 Å². The van der Waals surface area contributed by atoms with Gasteiger partial charge in [0.1, 0.15) is 0 Å². The molecule has 0 unspecified atom stereocenters. The largest absolute Gasteiger partial charge is 0.478 e. The molecule has 1 aliphatic rings. The fourth-order valence-electron chi connectivity index (χ4n) is 2.11. The van der Waals surface area contributed by atoms with Crippen LogP contribution in [0.5, 0.6) is 0 Å². The van der Waals surface area contributed by atoms with E-state index < -0.39 is 5.97 Å². The van der Waals surface area contributed by atoms with Gasteiger partial charge in [-0.05, 0) is 49.8 Å². The van der Waals surface area contributed by atoms with Gasteiger partial charge >= 0.3 is 5.97 Å². The topological polar surface area (TPSA) is 66.4 Å². The van der Waals surface area contributed by atoms with Crippen LogP contribution in [0.3, 0.4) is 0 Å². The number of nitrogens with one attached hydrogen (secondary N) is 1. The summed E-state index contributed by atoms with van der Waals surface area (Å²) in [5.74, 6) is 0.0205. The Bertz CT molecular complexity index is 478. The Morgan fingerprint density at radius 2 is 1.95 bits per heavy atom. The molecule has 1 heterocycles. The summed E-state index contributed by atoms with van der Waals surface area (Å²) in [5.41, 5.74) is 0.687. The quantitative estimate of drug-likeness (QED) is 0.888. The molecule has 1 aromatic rings. The molecule has 1 saturated heterocycles. The fourth-order valence-corrected chi connectivity index (χ4v) is 3.35.